The number of carbonyl (C=O) groups is 1. The van der Waals surface area contributed by atoms with Crippen molar-refractivity contribution < 1.29 is 9.53 Å². The fourth-order valence-corrected chi connectivity index (χ4v) is 1.78. The number of anilines is 1. The SMILES string of the molecule is Cc1nc(C(=O)Nc2ccc(OCCN)cc2)c(=O)[nH]c1C. The van der Waals surface area contributed by atoms with Crippen LogP contribution in [0.4, 0.5) is 5.69 Å². The van der Waals surface area contributed by atoms with E-state index < -0.39 is 11.5 Å². The van der Waals surface area contributed by atoms with Crippen molar-refractivity contribution in [2.45, 2.75) is 13.8 Å². The third-order valence-electron chi connectivity index (χ3n) is 3.05. The van der Waals surface area contributed by atoms with Gasteiger partial charge in [0.15, 0.2) is 5.69 Å². The van der Waals surface area contributed by atoms with Crippen molar-refractivity contribution in [3.63, 3.8) is 0 Å². The number of nitrogens with zero attached hydrogens (tertiary/aromatic N) is 1. The molecule has 0 unspecified atom stereocenters. The van der Waals surface area contributed by atoms with Gasteiger partial charge in [-0.1, -0.05) is 0 Å². The molecule has 0 saturated carbocycles. The van der Waals surface area contributed by atoms with Gasteiger partial charge in [-0.3, -0.25) is 9.59 Å². The third-order valence-corrected chi connectivity index (χ3v) is 3.05. The zero-order valence-electron chi connectivity index (χ0n) is 12.5. The van der Waals surface area contributed by atoms with E-state index in [0.29, 0.717) is 36.0 Å². The molecule has 0 radical (unpaired) electrons. The molecule has 0 bridgehead atoms. The number of hydrogen-bond donors (Lipinski definition) is 3. The predicted molar refractivity (Wildman–Crippen MR) is 83.3 cm³/mol. The number of hydrogen-bond acceptors (Lipinski definition) is 5. The molecule has 0 aliphatic rings. The average molecular weight is 302 g/mol. The summed E-state index contributed by atoms with van der Waals surface area (Å²) < 4.78 is 5.34. The highest BCUT2D eigenvalue weighted by atomic mass is 16.5. The summed E-state index contributed by atoms with van der Waals surface area (Å²) in [4.78, 5) is 30.5. The van der Waals surface area contributed by atoms with Crippen LogP contribution < -0.4 is 21.3 Å². The lowest BCUT2D eigenvalue weighted by Gasteiger charge is -2.08. The second-order valence-electron chi connectivity index (χ2n) is 4.74. The van der Waals surface area contributed by atoms with E-state index in [1.165, 1.54) is 0 Å². The number of amides is 1. The molecule has 2 aromatic rings. The molecule has 0 atom stereocenters. The van der Waals surface area contributed by atoms with Crippen LogP contribution in [0.25, 0.3) is 0 Å². The van der Waals surface area contributed by atoms with E-state index in [2.05, 4.69) is 15.3 Å². The monoisotopic (exact) mass is 302 g/mol. The smallest absolute Gasteiger partial charge is 0.280 e. The van der Waals surface area contributed by atoms with Crippen molar-refractivity contribution in [2.24, 2.45) is 5.73 Å². The van der Waals surface area contributed by atoms with Crippen LogP contribution in [0.3, 0.4) is 0 Å². The molecular weight excluding hydrogens is 284 g/mol. The van der Waals surface area contributed by atoms with Crippen LogP contribution in [-0.4, -0.2) is 29.0 Å². The number of carbonyl (C=O) groups excluding carboxylic acids is 1. The van der Waals surface area contributed by atoms with Gasteiger partial charge in [0.25, 0.3) is 11.5 Å². The number of rotatable bonds is 5. The van der Waals surface area contributed by atoms with E-state index in [-0.39, 0.29) is 5.69 Å². The van der Waals surface area contributed by atoms with Gasteiger partial charge < -0.3 is 20.8 Å². The van der Waals surface area contributed by atoms with E-state index in [1.807, 2.05) is 0 Å². The van der Waals surface area contributed by atoms with Gasteiger partial charge >= 0.3 is 0 Å². The molecule has 0 aliphatic heterocycles. The second-order valence-corrected chi connectivity index (χ2v) is 4.74. The summed E-state index contributed by atoms with van der Waals surface area (Å²) in [7, 11) is 0. The van der Waals surface area contributed by atoms with Gasteiger partial charge in [0, 0.05) is 17.9 Å². The van der Waals surface area contributed by atoms with Crippen molar-refractivity contribution in [1.82, 2.24) is 9.97 Å². The Bertz CT molecular complexity index is 723. The Morgan fingerprint density at radius 2 is 2.00 bits per heavy atom. The first-order valence-electron chi connectivity index (χ1n) is 6.83. The molecule has 1 heterocycles. The minimum Gasteiger partial charge on any atom is -0.492 e. The summed E-state index contributed by atoms with van der Waals surface area (Å²) in [5.41, 5.74) is 6.47. The molecule has 4 N–H and O–H groups in total. The van der Waals surface area contributed by atoms with Crippen molar-refractivity contribution in [3.05, 3.63) is 51.7 Å². The normalized spacial score (nSPS) is 10.3. The standard InChI is InChI=1S/C15H18N4O3/c1-9-10(2)18-14(20)13(17-9)15(21)19-11-3-5-12(6-4-11)22-8-7-16/h3-6H,7-8,16H2,1-2H3,(H,18,20)(H,19,21). The molecule has 2 rings (SSSR count). The third kappa shape index (κ3) is 3.70. The maximum atomic E-state index is 12.1. The van der Waals surface area contributed by atoms with Gasteiger partial charge in [0.05, 0.1) is 5.69 Å². The Morgan fingerprint density at radius 1 is 1.32 bits per heavy atom. The number of H-pyrrole nitrogens is 1. The Kier molecular flexibility index (Phi) is 4.90. The minimum absolute atomic E-state index is 0.161. The highest BCUT2D eigenvalue weighted by molar-refractivity contribution is 6.02. The Labute approximate surface area is 127 Å². The minimum atomic E-state index is -0.556. The predicted octanol–water partition coefficient (Wildman–Crippen LogP) is 0.977. The van der Waals surface area contributed by atoms with E-state index in [4.69, 9.17) is 10.5 Å². The summed E-state index contributed by atoms with van der Waals surface area (Å²) in [5, 5.41) is 2.63. The molecule has 1 aromatic heterocycles. The number of aromatic amines is 1. The molecule has 1 aromatic carbocycles. The summed E-state index contributed by atoms with van der Waals surface area (Å²) in [6.07, 6.45) is 0. The Balaban J connectivity index is 2.12. The maximum Gasteiger partial charge on any atom is 0.280 e. The maximum absolute atomic E-state index is 12.1. The molecule has 7 heteroatoms. The van der Waals surface area contributed by atoms with Gasteiger partial charge in [-0.15, -0.1) is 0 Å². The van der Waals surface area contributed by atoms with Crippen molar-refractivity contribution in [1.29, 1.82) is 0 Å². The van der Waals surface area contributed by atoms with Crippen molar-refractivity contribution in [2.75, 3.05) is 18.5 Å². The summed E-state index contributed by atoms with van der Waals surface area (Å²) in [5.74, 6) is 0.102. The van der Waals surface area contributed by atoms with Gasteiger partial charge in [-0.05, 0) is 38.1 Å². The van der Waals surface area contributed by atoms with Crippen LogP contribution >= 0.6 is 0 Å². The van der Waals surface area contributed by atoms with Crippen LogP contribution in [0.5, 0.6) is 5.75 Å². The van der Waals surface area contributed by atoms with E-state index in [1.54, 1.807) is 38.1 Å². The van der Waals surface area contributed by atoms with Crippen LogP contribution in [0.1, 0.15) is 21.9 Å². The molecule has 22 heavy (non-hydrogen) atoms. The topological polar surface area (TPSA) is 110 Å². The Morgan fingerprint density at radius 3 is 2.64 bits per heavy atom. The van der Waals surface area contributed by atoms with Gasteiger partial charge in [-0.2, -0.15) is 0 Å². The summed E-state index contributed by atoms with van der Waals surface area (Å²) in [6.45, 7) is 4.31. The zero-order chi connectivity index (χ0) is 16.1. The van der Waals surface area contributed by atoms with Crippen LogP contribution in [0.15, 0.2) is 29.1 Å². The van der Waals surface area contributed by atoms with E-state index in [9.17, 15) is 9.59 Å². The van der Waals surface area contributed by atoms with Crippen molar-refractivity contribution >= 4 is 11.6 Å². The molecule has 7 nitrogen and oxygen atoms in total. The molecule has 116 valence electrons. The molecule has 0 aliphatic carbocycles. The first-order valence-corrected chi connectivity index (χ1v) is 6.83. The number of aromatic nitrogens is 2. The average Bonchev–Trinajstić information content (AvgIpc) is 2.50. The lowest BCUT2D eigenvalue weighted by Crippen LogP contribution is -2.26. The van der Waals surface area contributed by atoms with Gasteiger partial charge in [0.2, 0.25) is 0 Å². The highest BCUT2D eigenvalue weighted by Gasteiger charge is 2.14. The molecule has 0 spiro atoms. The summed E-state index contributed by atoms with van der Waals surface area (Å²) in [6, 6.07) is 6.78. The zero-order valence-corrected chi connectivity index (χ0v) is 12.5. The molecule has 1 amide bonds. The van der Waals surface area contributed by atoms with E-state index >= 15 is 0 Å². The highest BCUT2D eigenvalue weighted by Crippen LogP contribution is 2.15. The molecular formula is C15H18N4O3. The van der Waals surface area contributed by atoms with Crippen LogP contribution in [-0.2, 0) is 0 Å². The lowest BCUT2D eigenvalue weighted by atomic mass is 10.2. The summed E-state index contributed by atoms with van der Waals surface area (Å²) >= 11 is 0. The first-order chi connectivity index (χ1) is 10.5. The number of ether oxygens (including phenoxy) is 1. The number of nitrogens with two attached hydrogens (primary N) is 1. The quantitative estimate of drug-likeness (QED) is 0.762. The van der Waals surface area contributed by atoms with E-state index in [0.717, 1.165) is 0 Å². The molecule has 0 saturated heterocycles. The fraction of sp³-hybridized carbons (Fsp3) is 0.267. The number of aryl methyl sites for hydroxylation is 2. The molecule has 0 fully saturated rings. The number of benzene rings is 1. The first kappa shape index (κ1) is 15.7. The largest absolute Gasteiger partial charge is 0.492 e. The van der Waals surface area contributed by atoms with Gasteiger partial charge in [0.1, 0.15) is 12.4 Å². The van der Waals surface area contributed by atoms with Crippen LogP contribution in [0.2, 0.25) is 0 Å². The Hall–Kier alpha value is -2.67. The van der Waals surface area contributed by atoms with Crippen molar-refractivity contribution in [3.8, 4) is 5.75 Å². The fourth-order valence-electron chi connectivity index (χ4n) is 1.78. The van der Waals surface area contributed by atoms with Gasteiger partial charge in [-0.25, -0.2) is 4.98 Å². The van der Waals surface area contributed by atoms with Crippen LogP contribution in [0, 0.1) is 13.8 Å². The lowest BCUT2D eigenvalue weighted by molar-refractivity contribution is 0.102. The number of nitrogens with one attached hydrogen (secondary N) is 2. The second kappa shape index (κ2) is 6.86.